The molecule has 214 valence electrons. The molecule has 0 aromatic carbocycles. The molecule has 0 saturated carbocycles. The second-order valence-corrected chi connectivity index (χ2v) is 11.8. The van der Waals surface area contributed by atoms with Gasteiger partial charge in [-0.25, -0.2) is 9.09 Å². The topological polar surface area (TPSA) is 51.2 Å². The van der Waals surface area contributed by atoms with Crippen LogP contribution in [-0.2, 0) is 18.1 Å². The SMILES string of the molecule is CCCCCCCCCCCCCCCCN1C=CN(CC)C1OP(=O)(OCCCC)OCCCC. The molecule has 0 aromatic heterocycles. The molecule has 0 radical (unpaired) electrons. The van der Waals surface area contributed by atoms with E-state index in [1.54, 1.807) is 0 Å². The highest BCUT2D eigenvalue weighted by Crippen LogP contribution is 2.52. The number of unbranched alkanes of at least 4 members (excludes halogenated alkanes) is 15. The summed E-state index contributed by atoms with van der Waals surface area (Å²) in [6.07, 6.45) is 26.2. The lowest BCUT2D eigenvalue weighted by molar-refractivity contribution is -0.0537. The van der Waals surface area contributed by atoms with Gasteiger partial charge in [0.1, 0.15) is 0 Å². The van der Waals surface area contributed by atoms with Gasteiger partial charge in [-0.3, -0.25) is 9.05 Å². The van der Waals surface area contributed by atoms with Crippen molar-refractivity contribution in [2.75, 3.05) is 26.3 Å². The summed E-state index contributed by atoms with van der Waals surface area (Å²) in [5.41, 5.74) is 0. The average Bonchev–Trinajstić information content (AvgIpc) is 3.25. The van der Waals surface area contributed by atoms with Gasteiger partial charge in [0, 0.05) is 25.5 Å². The Balaban J connectivity index is 2.28. The Morgan fingerprint density at radius 1 is 0.583 bits per heavy atom. The maximum atomic E-state index is 13.4. The third-order valence-corrected chi connectivity index (χ3v) is 8.31. The van der Waals surface area contributed by atoms with E-state index in [9.17, 15) is 4.57 Å². The van der Waals surface area contributed by atoms with Crippen LogP contribution in [0.4, 0.5) is 0 Å². The predicted octanol–water partition coefficient (Wildman–Crippen LogP) is 9.62. The maximum Gasteiger partial charge on any atom is 0.478 e. The van der Waals surface area contributed by atoms with E-state index in [2.05, 4.69) is 43.7 Å². The van der Waals surface area contributed by atoms with Crippen LogP contribution in [0, 0.1) is 0 Å². The van der Waals surface area contributed by atoms with Crippen molar-refractivity contribution in [1.82, 2.24) is 9.80 Å². The lowest BCUT2D eigenvalue weighted by Gasteiger charge is -2.33. The second-order valence-electron chi connectivity index (χ2n) is 10.2. The summed E-state index contributed by atoms with van der Waals surface area (Å²) in [6, 6.07) is 0. The van der Waals surface area contributed by atoms with Crippen molar-refractivity contribution >= 4 is 7.82 Å². The van der Waals surface area contributed by atoms with E-state index in [4.69, 9.17) is 13.6 Å². The first kappa shape index (κ1) is 33.5. The zero-order valence-corrected chi connectivity index (χ0v) is 25.2. The predicted molar refractivity (Wildman–Crippen MR) is 153 cm³/mol. The highest BCUT2D eigenvalue weighted by molar-refractivity contribution is 7.48. The third kappa shape index (κ3) is 15.6. The van der Waals surface area contributed by atoms with Crippen molar-refractivity contribution in [2.45, 2.75) is 150 Å². The molecule has 6 nitrogen and oxygen atoms in total. The van der Waals surface area contributed by atoms with Gasteiger partial charge in [-0.15, -0.1) is 0 Å². The summed E-state index contributed by atoms with van der Waals surface area (Å²) >= 11 is 0. The first-order valence-corrected chi connectivity index (χ1v) is 16.8. The van der Waals surface area contributed by atoms with Crippen LogP contribution in [0.2, 0.25) is 0 Å². The van der Waals surface area contributed by atoms with E-state index in [1.165, 1.54) is 83.5 Å². The summed E-state index contributed by atoms with van der Waals surface area (Å²) < 4.78 is 30.8. The molecule has 1 atom stereocenters. The molecular formula is C29H59N2O4P. The molecule has 0 fully saturated rings. The molecule has 0 spiro atoms. The third-order valence-electron chi connectivity index (χ3n) is 6.87. The van der Waals surface area contributed by atoms with E-state index in [-0.39, 0.29) is 0 Å². The van der Waals surface area contributed by atoms with Crippen LogP contribution in [0.25, 0.3) is 0 Å². The van der Waals surface area contributed by atoms with E-state index in [0.29, 0.717) is 13.2 Å². The van der Waals surface area contributed by atoms with Crippen molar-refractivity contribution in [3.05, 3.63) is 12.4 Å². The fraction of sp³-hybridized carbons (Fsp3) is 0.931. The lowest BCUT2D eigenvalue weighted by Crippen LogP contribution is -2.40. The molecule has 0 aromatic rings. The Morgan fingerprint density at radius 2 is 1.00 bits per heavy atom. The quantitative estimate of drug-likeness (QED) is 0.0819. The Bertz CT molecular complexity index is 561. The molecule has 36 heavy (non-hydrogen) atoms. The van der Waals surface area contributed by atoms with Gasteiger partial charge in [-0.2, -0.15) is 0 Å². The monoisotopic (exact) mass is 530 g/mol. The summed E-state index contributed by atoms with van der Waals surface area (Å²) in [7, 11) is -3.61. The maximum absolute atomic E-state index is 13.4. The summed E-state index contributed by atoms with van der Waals surface area (Å²) in [6.45, 7) is 11.0. The van der Waals surface area contributed by atoms with Crippen LogP contribution < -0.4 is 0 Å². The lowest BCUT2D eigenvalue weighted by atomic mass is 10.0. The number of hydrogen-bond donors (Lipinski definition) is 0. The van der Waals surface area contributed by atoms with Crippen molar-refractivity contribution in [3.8, 4) is 0 Å². The zero-order valence-electron chi connectivity index (χ0n) is 24.3. The highest BCUT2D eigenvalue weighted by atomic mass is 31.2. The van der Waals surface area contributed by atoms with Gasteiger partial charge in [0.05, 0.1) is 13.2 Å². The summed E-state index contributed by atoms with van der Waals surface area (Å²) in [5.74, 6) is 0. The molecule has 0 N–H and O–H groups in total. The van der Waals surface area contributed by atoms with Crippen molar-refractivity contribution in [1.29, 1.82) is 0 Å². The number of phosphoric ester groups is 1. The van der Waals surface area contributed by atoms with Crippen LogP contribution >= 0.6 is 7.82 Å². The van der Waals surface area contributed by atoms with Crippen molar-refractivity contribution in [3.63, 3.8) is 0 Å². The Kier molecular flexibility index (Phi) is 20.9. The fourth-order valence-corrected chi connectivity index (χ4v) is 5.80. The molecule has 0 amide bonds. The molecule has 1 rings (SSSR count). The van der Waals surface area contributed by atoms with Gasteiger partial charge in [0.2, 0.25) is 6.35 Å². The number of phosphoric acid groups is 1. The minimum Gasteiger partial charge on any atom is -0.334 e. The van der Waals surface area contributed by atoms with Crippen LogP contribution in [0.3, 0.4) is 0 Å². The number of rotatable bonds is 26. The molecule has 0 bridgehead atoms. The minimum absolute atomic E-state index is 0.394. The van der Waals surface area contributed by atoms with Crippen LogP contribution in [0.5, 0.6) is 0 Å². The number of nitrogens with zero attached hydrogens (tertiary/aromatic N) is 2. The normalized spacial score (nSPS) is 15.9. The standard InChI is InChI=1S/C29H59N2O4P/c1-5-9-12-13-14-15-16-17-18-19-20-21-22-23-24-31-26-25-30(8-4)29(31)35-36(32,33-27-10-6-2)34-28-11-7-3/h25-26,29H,5-24,27-28H2,1-4H3. The molecule has 0 aliphatic carbocycles. The van der Waals surface area contributed by atoms with E-state index in [0.717, 1.165) is 45.2 Å². The molecular weight excluding hydrogens is 471 g/mol. The average molecular weight is 531 g/mol. The van der Waals surface area contributed by atoms with Crippen molar-refractivity contribution < 1.29 is 18.1 Å². The Hall–Kier alpha value is -0.550. The van der Waals surface area contributed by atoms with Crippen LogP contribution in [0.1, 0.15) is 143 Å². The fourth-order valence-electron chi connectivity index (χ4n) is 4.42. The van der Waals surface area contributed by atoms with E-state index < -0.39 is 14.2 Å². The molecule has 1 aliphatic rings. The molecule has 1 heterocycles. The molecule has 1 aliphatic heterocycles. The van der Waals surface area contributed by atoms with E-state index >= 15 is 0 Å². The second kappa shape index (κ2) is 22.4. The molecule has 0 saturated heterocycles. The van der Waals surface area contributed by atoms with Gasteiger partial charge in [0.25, 0.3) is 0 Å². The molecule has 7 heteroatoms. The molecule has 1 unspecified atom stereocenters. The van der Waals surface area contributed by atoms with Gasteiger partial charge in [-0.05, 0) is 26.2 Å². The van der Waals surface area contributed by atoms with E-state index in [1.807, 2.05) is 6.20 Å². The highest BCUT2D eigenvalue weighted by Gasteiger charge is 2.37. The first-order valence-electron chi connectivity index (χ1n) is 15.4. The first-order chi connectivity index (χ1) is 17.6. The van der Waals surface area contributed by atoms with Crippen LogP contribution in [0.15, 0.2) is 12.4 Å². The van der Waals surface area contributed by atoms with Crippen molar-refractivity contribution in [2.24, 2.45) is 0 Å². The Morgan fingerprint density at radius 3 is 1.44 bits per heavy atom. The largest absolute Gasteiger partial charge is 0.478 e. The van der Waals surface area contributed by atoms with Crippen LogP contribution in [-0.4, -0.2) is 42.5 Å². The van der Waals surface area contributed by atoms with Gasteiger partial charge >= 0.3 is 7.82 Å². The van der Waals surface area contributed by atoms with Gasteiger partial charge in [-0.1, -0.05) is 117 Å². The Labute approximate surface area is 224 Å². The number of hydrogen-bond acceptors (Lipinski definition) is 6. The minimum atomic E-state index is -3.61. The summed E-state index contributed by atoms with van der Waals surface area (Å²) in [4.78, 5) is 4.20. The smallest absolute Gasteiger partial charge is 0.334 e. The van der Waals surface area contributed by atoms with Gasteiger partial charge < -0.3 is 9.80 Å². The van der Waals surface area contributed by atoms with Gasteiger partial charge in [0.15, 0.2) is 0 Å². The summed E-state index contributed by atoms with van der Waals surface area (Å²) in [5, 5.41) is 0. The zero-order chi connectivity index (χ0) is 26.3.